The summed E-state index contributed by atoms with van der Waals surface area (Å²) < 4.78 is 34.4. The number of carbonyl (C=O) groups excluding carboxylic acids is 1. The van der Waals surface area contributed by atoms with Gasteiger partial charge in [-0.3, -0.25) is 9.10 Å². The SMILES string of the molecule is Cc1ccc(S(=O)(=O)N2CC(C(=O)NC(C)(C)CC(C)(C)C)Oc3cc(C)ccc32)cc1. The summed E-state index contributed by atoms with van der Waals surface area (Å²) in [6.07, 6.45) is -0.191. The molecule has 1 heterocycles. The maximum atomic E-state index is 13.5. The number of hydrogen-bond acceptors (Lipinski definition) is 4. The van der Waals surface area contributed by atoms with E-state index in [1.165, 1.54) is 4.31 Å². The van der Waals surface area contributed by atoms with Crippen LogP contribution in [0.5, 0.6) is 5.75 Å². The zero-order chi connectivity index (χ0) is 23.9. The van der Waals surface area contributed by atoms with Crippen LogP contribution in [-0.4, -0.2) is 32.5 Å². The van der Waals surface area contributed by atoms with Crippen LogP contribution in [0.2, 0.25) is 0 Å². The lowest BCUT2D eigenvalue weighted by Crippen LogP contribution is -2.55. The number of aryl methyl sites for hydroxylation is 2. The summed E-state index contributed by atoms with van der Waals surface area (Å²) in [6.45, 7) is 14.0. The molecule has 1 amide bonds. The molecule has 174 valence electrons. The van der Waals surface area contributed by atoms with Gasteiger partial charge in [-0.05, 0) is 69.4 Å². The summed E-state index contributed by atoms with van der Waals surface area (Å²) in [5.74, 6) is 0.0660. The van der Waals surface area contributed by atoms with E-state index in [-0.39, 0.29) is 22.8 Å². The molecule has 2 aromatic rings. The van der Waals surface area contributed by atoms with E-state index in [4.69, 9.17) is 4.74 Å². The Morgan fingerprint density at radius 1 is 1.03 bits per heavy atom. The van der Waals surface area contributed by atoms with Gasteiger partial charge in [0.05, 0.1) is 17.1 Å². The number of nitrogens with zero attached hydrogens (tertiary/aromatic N) is 1. The van der Waals surface area contributed by atoms with Crippen molar-refractivity contribution in [3.8, 4) is 5.75 Å². The third kappa shape index (κ3) is 5.44. The van der Waals surface area contributed by atoms with E-state index >= 15 is 0 Å². The second-order valence-corrected chi connectivity index (χ2v) is 12.4. The van der Waals surface area contributed by atoms with Crippen molar-refractivity contribution in [1.82, 2.24) is 5.32 Å². The molecular weight excluding hydrogens is 424 g/mol. The lowest BCUT2D eigenvalue weighted by Gasteiger charge is -2.38. The van der Waals surface area contributed by atoms with E-state index in [0.29, 0.717) is 11.4 Å². The molecule has 1 N–H and O–H groups in total. The smallest absolute Gasteiger partial charge is 0.264 e. The molecule has 6 nitrogen and oxygen atoms in total. The van der Waals surface area contributed by atoms with Crippen molar-refractivity contribution in [3.05, 3.63) is 53.6 Å². The Bertz CT molecular complexity index is 1100. The van der Waals surface area contributed by atoms with Crippen molar-refractivity contribution >= 4 is 21.6 Å². The fraction of sp³-hybridized carbons (Fsp3) is 0.480. The summed E-state index contributed by atoms with van der Waals surface area (Å²) in [7, 11) is -3.87. The first-order valence-electron chi connectivity index (χ1n) is 10.9. The molecule has 0 aromatic heterocycles. The molecule has 0 spiro atoms. The van der Waals surface area contributed by atoms with Crippen molar-refractivity contribution in [3.63, 3.8) is 0 Å². The highest BCUT2D eigenvalue weighted by atomic mass is 32.2. The molecule has 0 bridgehead atoms. The maximum Gasteiger partial charge on any atom is 0.264 e. The molecule has 3 rings (SSSR count). The molecule has 2 aromatic carbocycles. The molecule has 1 aliphatic heterocycles. The highest BCUT2D eigenvalue weighted by Gasteiger charge is 2.39. The number of anilines is 1. The number of fused-ring (bicyclic) bond motifs is 1. The van der Waals surface area contributed by atoms with Gasteiger partial charge in [0, 0.05) is 5.54 Å². The van der Waals surface area contributed by atoms with E-state index in [1.54, 1.807) is 36.4 Å². The first kappa shape index (κ1) is 24.1. The fourth-order valence-electron chi connectivity index (χ4n) is 4.35. The number of carbonyl (C=O) groups is 1. The van der Waals surface area contributed by atoms with Crippen molar-refractivity contribution < 1.29 is 17.9 Å². The quantitative estimate of drug-likeness (QED) is 0.711. The fourth-order valence-corrected chi connectivity index (χ4v) is 5.82. The van der Waals surface area contributed by atoms with Gasteiger partial charge in [-0.2, -0.15) is 0 Å². The topological polar surface area (TPSA) is 75.7 Å². The predicted octanol–water partition coefficient (Wildman–Crippen LogP) is 4.59. The van der Waals surface area contributed by atoms with Crippen LogP contribution in [0, 0.1) is 19.3 Å². The van der Waals surface area contributed by atoms with Crippen LogP contribution < -0.4 is 14.4 Å². The van der Waals surface area contributed by atoms with E-state index in [0.717, 1.165) is 17.5 Å². The average molecular weight is 459 g/mol. The van der Waals surface area contributed by atoms with Gasteiger partial charge in [0.2, 0.25) is 0 Å². The summed E-state index contributed by atoms with van der Waals surface area (Å²) in [4.78, 5) is 13.4. The van der Waals surface area contributed by atoms with Crippen molar-refractivity contribution in [2.75, 3.05) is 10.8 Å². The Kier molecular flexibility index (Phi) is 6.35. The van der Waals surface area contributed by atoms with Gasteiger partial charge in [-0.1, -0.05) is 44.5 Å². The number of rotatable bonds is 5. The minimum atomic E-state index is -3.87. The van der Waals surface area contributed by atoms with Crippen LogP contribution in [-0.2, 0) is 14.8 Å². The molecule has 0 saturated carbocycles. The van der Waals surface area contributed by atoms with Crippen LogP contribution in [0.4, 0.5) is 5.69 Å². The van der Waals surface area contributed by atoms with E-state index < -0.39 is 21.7 Å². The van der Waals surface area contributed by atoms with Gasteiger partial charge in [0.25, 0.3) is 15.9 Å². The highest BCUT2D eigenvalue weighted by molar-refractivity contribution is 7.92. The zero-order valence-corrected chi connectivity index (χ0v) is 20.8. The molecule has 1 atom stereocenters. The summed E-state index contributed by atoms with van der Waals surface area (Å²) in [5, 5.41) is 3.06. The number of amides is 1. The molecular formula is C25H34N2O4S. The molecule has 1 unspecified atom stereocenters. The first-order valence-corrected chi connectivity index (χ1v) is 12.3. The molecule has 0 saturated heterocycles. The Morgan fingerprint density at radius 3 is 2.22 bits per heavy atom. The van der Waals surface area contributed by atoms with Gasteiger partial charge in [-0.15, -0.1) is 0 Å². The third-order valence-electron chi connectivity index (χ3n) is 5.32. The Labute approximate surface area is 192 Å². The van der Waals surface area contributed by atoms with Crippen molar-refractivity contribution in [2.45, 2.75) is 71.4 Å². The highest BCUT2D eigenvalue weighted by Crippen LogP contribution is 2.38. The van der Waals surface area contributed by atoms with Gasteiger partial charge in [0.15, 0.2) is 6.10 Å². The van der Waals surface area contributed by atoms with Gasteiger partial charge in [0.1, 0.15) is 5.75 Å². The zero-order valence-electron chi connectivity index (χ0n) is 20.0. The second kappa shape index (κ2) is 8.43. The maximum absolute atomic E-state index is 13.5. The molecule has 7 heteroatoms. The predicted molar refractivity (Wildman–Crippen MR) is 128 cm³/mol. The Hall–Kier alpha value is -2.54. The van der Waals surface area contributed by atoms with Crippen LogP contribution in [0.1, 0.15) is 52.2 Å². The van der Waals surface area contributed by atoms with E-state index in [2.05, 4.69) is 26.1 Å². The largest absolute Gasteiger partial charge is 0.476 e. The van der Waals surface area contributed by atoms with Crippen LogP contribution in [0.15, 0.2) is 47.4 Å². The summed E-state index contributed by atoms with van der Waals surface area (Å²) in [5.41, 5.74) is 1.89. The Morgan fingerprint density at radius 2 is 1.62 bits per heavy atom. The molecule has 0 fully saturated rings. The van der Waals surface area contributed by atoms with Crippen molar-refractivity contribution in [1.29, 1.82) is 0 Å². The van der Waals surface area contributed by atoms with Crippen LogP contribution >= 0.6 is 0 Å². The van der Waals surface area contributed by atoms with Gasteiger partial charge in [-0.25, -0.2) is 8.42 Å². The molecule has 32 heavy (non-hydrogen) atoms. The number of benzene rings is 2. The van der Waals surface area contributed by atoms with Crippen LogP contribution in [0.3, 0.4) is 0 Å². The summed E-state index contributed by atoms with van der Waals surface area (Å²) in [6, 6.07) is 12.1. The number of ether oxygens (including phenoxy) is 1. The van der Waals surface area contributed by atoms with Gasteiger partial charge < -0.3 is 10.1 Å². The van der Waals surface area contributed by atoms with Crippen LogP contribution in [0.25, 0.3) is 0 Å². The van der Waals surface area contributed by atoms with E-state index in [1.807, 2.05) is 33.8 Å². The summed E-state index contributed by atoms with van der Waals surface area (Å²) >= 11 is 0. The normalized spacial score (nSPS) is 16.8. The Balaban J connectivity index is 1.95. The molecule has 0 radical (unpaired) electrons. The third-order valence-corrected chi connectivity index (χ3v) is 7.11. The lowest BCUT2D eigenvalue weighted by molar-refractivity contribution is -0.129. The molecule has 0 aliphatic carbocycles. The second-order valence-electron chi connectivity index (χ2n) is 10.5. The monoisotopic (exact) mass is 458 g/mol. The molecule has 1 aliphatic rings. The number of nitrogens with one attached hydrogen (secondary N) is 1. The van der Waals surface area contributed by atoms with E-state index in [9.17, 15) is 13.2 Å². The minimum Gasteiger partial charge on any atom is -0.476 e. The average Bonchev–Trinajstić information content (AvgIpc) is 2.64. The first-order chi connectivity index (χ1) is 14.7. The minimum absolute atomic E-state index is 0.0225. The number of sulfonamides is 1. The number of hydrogen-bond donors (Lipinski definition) is 1. The lowest BCUT2D eigenvalue weighted by atomic mass is 9.81. The van der Waals surface area contributed by atoms with Gasteiger partial charge >= 0.3 is 0 Å². The standard InChI is InChI=1S/C25H34N2O4S/c1-17-8-11-19(12-9-17)32(29,30)27-15-22(31-21-14-18(2)10-13-20(21)27)23(28)26-25(6,7)16-24(3,4)5/h8-14,22H,15-16H2,1-7H3,(H,26,28). The van der Waals surface area contributed by atoms with Crippen molar-refractivity contribution in [2.24, 2.45) is 5.41 Å².